The third-order valence-corrected chi connectivity index (χ3v) is 3.58. The number of carboxylic acid groups (broad SMARTS) is 1. The predicted molar refractivity (Wildman–Crippen MR) is 81.4 cm³/mol. The molecule has 0 aromatic heterocycles. The number of carboxylic acids is 1. The van der Waals surface area contributed by atoms with Crippen molar-refractivity contribution >= 4 is 17.8 Å². The van der Waals surface area contributed by atoms with Gasteiger partial charge in [0.05, 0.1) is 12.0 Å². The summed E-state index contributed by atoms with van der Waals surface area (Å²) in [5, 5.41) is 9.57. The fourth-order valence-corrected chi connectivity index (χ4v) is 2.76. The Morgan fingerprint density at radius 2 is 1.86 bits per heavy atom. The molecule has 6 nitrogen and oxygen atoms in total. The molecule has 0 bridgehead atoms. The van der Waals surface area contributed by atoms with E-state index in [9.17, 15) is 19.5 Å². The molecular weight excluding hydrogens is 286 g/mol. The zero-order chi connectivity index (χ0) is 17.1. The third-order valence-electron chi connectivity index (χ3n) is 3.58. The lowest BCUT2D eigenvalue weighted by Gasteiger charge is -2.33. The molecular formula is C16H23NO5. The van der Waals surface area contributed by atoms with Crippen molar-refractivity contribution in [3.8, 4) is 0 Å². The standard InChI is InChI=1S/C16H23NO5/c1-6-8-16(9-7-2)11(18)10-17(12(16)13(19)20)14(21)22-15(3,4)5/h6-7,12H,1-2,8-10H2,3-5H3,(H,19,20). The number of likely N-dealkylation sites (tertiary alicyclic amines) is 1. The van der Waals surface area contributed by atoms with Gasteiger partial charge in [-0.2, -0.15) is 0 Å². The van der Waals surface area contributed by atoms with Gasteiger partial charge in [-0.1, -0.05) is 12.2 Å². The minimum absolute atomic E-state index is 0.161. The predicted octanol–water partition coefficient (Wildman–Crippen LogP) is 2.40. The van der Waals surface area contributed by atoms with Gasteiger partial charge >= 0.3 is 12.1 Å². The average molecular weight is 309 g/mol. The molecule has 0 radical (unpaired) electrons. The number of carbonyl (C=O) groups is 3. The minimum atomic E-state index is -1.29. The number of rotatable bonds is 5. The molecule has 1 saturated heterocycles. The summed E-state index contributed by atoms with van der Waals surface area (Å²) in [5.74, 6) is -1.55. The van der Waals surface area contributed by atoms with Crippen molar-refractivity contribution in [3.05, 3.63) is 25.3 Å². The van der Waals surface area contributed by atoms with Crippen molar-refractivity contribution in [2.45, 2.75) is 45.3 Å². The van der Waals surface area contributed by atoms with Crippen molar-refractivity contribution in [2.24, 2.45) is 5.41 Å². The largest absolute Gasteiger partial charge is 0.480 e. The highest BCUT2D eigenvalue weighted by Crippen LogP contribution is 2.42. The molecule has 0 saturated carbocycles. The van der Waals surface area contributed by atoms with Gasteiger partial charge in [0.25, 0.3) is 0 Å². The quantitative estimate of drug-likeness (QED) is 0.788. The Morgan fingerprint density at radius 1 is 1.36 bits per heavy atom. The van der Waals surface area contributed by atoms with Crippen molar-refractivity contribution in [1.82, 2.24) is 4.90 Å². The second-order valence-electron chi connectivity index (χ2n) is 6.41. The van der Waals surface area contributed by atoms with Crippen LogP contribution in [-0.2, 0) is 14.3 Å². The highest BCUT2D eigenvalue weighted by atomic mass is 16.6. The smallest absolute Gasteiger partial charge is 0.411 e. The van der Waals surface area contributed by atoms with E-state index in [1.165, 1.54) is 12.2 Å². The first-order valence-corrected chi connectivity index (χ1v) is 7.06. The van der Waals surface area contributed by atoms with Crippen LogP contribution < -0.4 is 0 Å². The monoisotopic (exact) mass is 309 g/mol. The molecule has 0 aromatic rings. The number of nitrogens with zero attached hydrogens (tertiary/aromatic N) is 1. The fourth-order valence-electron chi connectivity index (χ4n) is 2.76. The molecule has 1 heterocycles. The zero-order valence-electron chi connectivity index (χ0n) is 13.3. The summed E-state index contributed by atoms with van der Waals surface area (Å²) in [5.41, 5.74) is -2.00. The van der Waals surface area contributed by atoms with Gasteiger partial charge in [0.2, 0.25) is 0 Å². The van der Waals surface area contributed by atoms with E-state index in [4.69, 9.17) is 4.74 Å². The SMILES string of the molecule is C=CCC1(CC=C)C(=O)CN(C(=O)OC(C)(C)C)C1C(=O)O. The number of carbonyl (C=O) groups excluding carboxylic acids is 2. The molecule has 122 valence electrons. The molecule has 1 fully saturated rings. The molecule has 1 N–H and O–H groups in total. The summed E-state index contributed by atoms with van der Waals surface area (Å²) in [6.07, 6.45) is 2.51. The van der Waals surface area contributed by atoms with Crippen LogP contribution in [0.15, 0.2) is 25.3 Å². The summed E-state index contributed by atoms with van der Waals surface area (Å²) < 4.78 is 5.22. The van der Waals surface area contributed by atoms with Crippen LogP contribution in [0.4, 0.5) is 4.79 Å². The van der Waals surface area contributed by atoms with Crippen molar-refractivity contribution < 1.29 is 24.2 Å². The molecule has 1 unspecified atom stereocenters. The zero-order valence-corrected chi connectivity index (χ0v) is 13.3. The van der Waals surface area contributed by atoms with Gasteiger partial charge in [-0.15, -0.1) is 13.2 Å². The number of amides is 1. The Kier molecular flexibility index (Phi) is 5.17. The second-order valence-corrected chi connectivity index (χ2v) is 6.41. The number of hydrogen-bond acceptors (Lipinski definition) is 4. The maximum Gasteiger partial charge on any atom is 0.411 e. The Labute approximate surface area is 130 Å². The van der Waals surface area contributed by atoms with Gasteiger partial charge in [-0.25, -0.2) is 9.59 Å². The van der Waals surface area contributed by atoms with Gasteiger partial charge in [0.15, 0.2) is 5.78 Å². The van der Waals surface area contributed by atoms with Crippen LogP contribution in [-0.4, -0.2) is 46.0 Å². The number of allylic oxidation sites excluding steroid dienone is 2. The number of Topliss-reactive ketones (excluding diaryl/α,β-unsaturated/α-hetero) is 1. The molecule has 1 rings (SSSR count). The molecule has 0 aliphatic carbocycles. The van der Waals surface area contributed by atoms with Crippen LogP contribution in [0.1, 0.15) is 33.6 Å². The summed E-state index contributed by atoms with van der Waals surface area (Å²) >= 11 is 0. The van der Waals surface area contributed by atoms with Gasteiger partial charge in [-0.3, -0.25) is 9.69 Å². The van der Waals surface area contributed by atoms with E-state index in [2.05, 4.69) is 13.2 Å². The second kappa shape index (κ2) is 6.34. The first-order valence-electron chi connectivity index (χ1n) is 7.06. The first-order chi connectivity index (χ1) is 10.1. The molecule has 6 heteroatoms. The fraction of sp³-hybridized carbons (Fsp3) is 0.562. The van der Waals surface area contributed by atoms with Crippen LogP contribution >= 0.6 is 0 Å². The van der Waals surface area contributed by atoms with Gasteiger partial charge < -0.3 is 9.84 Å². The van der Waals surface area contributed by atoms with E-state index in [0.717, 1.165) is 4.90 Å². The van der Waals surface area contributed by atoms with E-state index in [0.29, 0.717) is 0 Å². The molecule has 1 aliphatic rings. The minimum Gasteiger partial charge on any atom is -0.480 e. The molecule has 0 spiro atoms. The summed E-state index contributed by atoms with van der Waals surface area (Å²) in [6, 6.07) is -1.29. The maximum atomic E-state index is 12.5. The highest BCUT2D eigenvalue weighted by Gasteiger charge is 2.58. The molecule has 1 atom stereocenters. The average Bonchev–Trinajstić information content (AvgIpc) is 2.62. The topological polar surface area (TPSA) is 83.9 Å². The third kappa shape index (κ3) is 3.37. The normalized spacial score (nSPS) is 20.6. The lowest BCUT2D eigenvalue weighted by Crippen LogP contribution is -2.50. The van der Waals surface area contributed by atoms with E-state index in [1.807, 2.05) is 0 Å². The van der Waals surface area contributed by atoms with E-state index >= 15 is 0 Å². The lowest BCUT2D eigenvalue weighted by atomic mass is 9.73. The van der Waals surface area contributed by atoms with Gasteiger partial charge in [0.1, 0.15) is 11.6 Å². The maximum absolute atomic E-state index is 12.5. The summed E-state index contributed by atoms with van der Waals surface area (Å²) in [7, 11) is 0. The molecule has 22 heavy (non-hydrogen) atoms. The molecule has 0 aromatic carbocycles. The number of ether oxygens (including phenoxy) is 1. The summed E-state index contributed by atoms with van der Waals surface area (Å²) in [4.78, 5) is 37.4. The van der Waals surface area contributed by atoms with E-state index < -0.39 is 29.1 Å². The first kappa shape index (κ1) is 17.9. The van der Waals surface area contributed by atoms with Crippen LogP contribution in [0.5, 0.6) is 0 Å². The van der Waals surface area contributed by atoms with Crippen molar-refractivity contribution in [3.63, 3.8) is 0 Å². The lowest BCUT2D eigenvalue weighted by molar-refractivity contribution is -0.147. The number of hydrogen-bond donors (Lipinski definition) is 1. The van der Waals surface area contributed by atoms with Crippen LogP contribution in [0.3, 0.4) is 0 Å². The highest BCUT2D eigenvalue weighted by molar-refractivity contribution is 6.00. The van der Waals surface area contributed by atoms with Gasteiger partial charge in [-0.05, 0) is 33.6 Å². The summed E-state index contributed by atoms with van der Waals surface area (Å²) in [6.45, 7) is 11.9. The van der Waals surface area contributed by atoms with Crippen LogP contribution in [0, 0.1) is 5.41 Å². The van der Waals surface area contributed by atoms with E-state index in [-0.39, 0.29) is 25.2 Å². The number of aliphatic carboxylic acids is 1. The Hall–Kier alpha value is -2.11. The molecule has 1 aliphatic heterocycles. The van der Waals surface area contributed by atoms with Crippen LogP contribution in [0.25, 0.3) is 0 Å². The van der Waals surface area contributed by atoms with Crippen molar-refractivity contribution in [2.75, 3.05) is 6.54 Å². The number of ketones is 1. The Morgan fingerprint density at radius 3 is 2.23 bits per heavy atom. The Balaban J connectivity index is 3.24. The van der Waals surface area contributed by atoms with Gasteiger partial charge in [0, 0.05) is 0 Å². The molecule has 1 amide bonds. The van der Waals surface area contributed by atoms with E-state index in [1.54, 1.807) is 20.8 Å². The van der Waals surface area contributed by atoms with Crippen molar-refractivity contribution in [1.29, 1.82) is 0 Å². The van der Waals surface area contributed by atoms with Crippen LogP contribution in [0.2, 0.25) is 0 Å². The Bertz CT molecular complexity index is 493.